The zero-order valence-electron chi connectivity index (χ0n) is 6.21. The van der Waals surface area contributed by atoms with Gasteiger partial charge in [0, 0.05) is 11.9 Å². The molecule has 1 aromatic heterocycles. The first-order valence-electron chi connectivity index (χ1n) is 3.02. The van der Waals surface area contributed by atoms with Crippen molar-refractivity contribution in [2.75, 3.05) is 0 Å². The molecule has 0 saturated heterocycles. The Hall–Kier alpha value is -0.970. The van der Waals surface area contributed by atoms with Crippen LogP contribution in [0.15, 0.2) is 12.3 Å². The van der Waals surface area contributed by atoms with Gasteiger partial charge >= 0.3 is 13.8 Å². The standard InChI is InChI=1S/C5H7N2O4P/c1-4-2-3-6-5(7-4)11-12(8,9)10/h2-3H,1H3,(H2,8,9,10). The van der Waals surface area contributed by atoms with E-state index in [1.807, 2.05) is 0 Å². The lowest BCUT2D eigenvalue weighted by molar-refractivity contribution is 0.275. The highest BCUT2D eigenvalue weighted by Crippen LogP contribution is 2.35. The monoisotopic (exact) mass is 190 g/mol. The van der Waals surface area contributed by atoms with E-state index in [-0.39, 0.29) is 6.01 Å². The van der Waals surface area contributed by atoms with Gasteiger partial charge < -0.3 is 4.52 Å². The number of rotatable bonds is 2. The van der Waals surface area contributed by atoms with Crippen LogP contribution in [0.2, 0.25) is 0 Å². The van der Waals surface area contributed by atoms with Crippen molar-refractivity contribution in [2.45, 2.75) is 6.92 Å². The molecule has 0 atom stereocenters. The number of hydrogen-bond donors (Lipinski definition) is 2. The lowest BCUT2D eigenvalue weighted by Gasteiger charge is -2.03. The third-order valence-electron chi connectivity index (χ3n) is 0.973. The molecule has 66 valence electrons. The minimum absolute atomic E-state index is 0.316. The fraction of sp³-hybridized carbons (Fsp3) is 0.200. The molecule has 0 aliphatic rings. The number of phosphoric acid groups is 1. The molecule has 0 amide bonds. The van der Waals surface area contributed by atoms with Crippen LogP contribution in [0.3, 0.4) is 0 Å². The molecule has 0 aliphatic heterocycles. The maximum Gasteiger partial charge on any atom is 0.527 e. The van der Waals surface area contributed by atoms with Crippen molar-refractivity contribution < 1.29 is 18.9 Å². The average molecular weight is 190 g/mol. The van der Waals surface area contributed by atoms with E-state index < -0.39 is 7.82 Å². The zero-order valence-corrected chi connectivity index (χ0v) is 7.10. The molecule has 7 heteroatoms. The second-order valence-electron chi connectivity index (χ2n) is 2.06. The SMILES string of the molecule is Cc1ccnc(OP(=O)(O)O)n1. The summed E-state index contributed by atoms with van der Waals surface area (Å²) in [5.74, 6) is 0. The van der Waals surface area contributed by atoms with Gasteiger partial charge in [-0.15, -0.1) is 0 Å². The topological polar surface area (TPSA) is 92.5 Å². The van der Waals surface area contributed by atoms with Crippen molar-refractivity contribution in [3.63, 3.8) is 0 Å². The van der Waals surface area contributed by atoms with Crippen LogP contribution in [0, 0.1) is 6.92 Å². The van der Waals surface area contributed by atoms with Gasteiger partial charge in [0.1, 0.15) is 0 Å². The molecule has 0 fully saturated rings. The number of hydrogen-bond acceptors (Lipinski definition) is 4. The summed E-state index contributed by atoms with van der Waals surface area (Å²) in [6, 6.07) is 1.27. The van der Waals surface area contributed by atoms with Gasteiger partial charge in [-0.1, -0.05) is 0 Å². The quantitative estimate of drug-likeness (QED) is 0.649. The van der Waals surface area contributed by atoms with E-state index >= 15 is 0 Å². The van der Waals surface area contributed by atoms with Crippen LogP contribution in [0.1, 0.15) is 5.69 Å². The molecule has 12 heavy (non-hydrogen) atoms. The molecule has 0 spiro atoms. The van der Waals surface area contributed by atoms with Gasteiger partial charge in [0.25, 0.3) is 0 Å². The van der Waals surface area contributed by atoms with Crippen molar-refractivity contribution in [1.82, 2.24) is 9.97 Å². The molecule has 0 radical (unpaired) electrons. The smallest absolute Gasteiger partial charge is 0.368 e. The van der Waals surface area contributed by atoms with E-state index in [4.69, 9.17) is 9.79 Å². The molecule has 0 saturated carbocycles. The molecule has 1 rings (SSSR count). The Morgan fingerprint density at radius 2 is 2.25 bits per heavy atom. The lowest BCUT2D eigenvalue weighted by atomic mass is 10.5. The van der Waals surface area contributed by atoms with Crippen LogP contribution >= 0.6 is 7.82 Å². The van der Waals surface area contributed by atoms with Gasteiger partial charge in [-0.25, -0.2) is 14.5 Å². The van der Waals surface area contributed by atoms with Gasteiger partial charge in [-0.2, -0.15) is 0 Å². The zero-order chi connectivity index (χ0) is 9.19. The van der Waals surface area contributed by atoms with Crippen LogP contribution in [0.4, 0.5) is 0 Å². The third-order valence-corrected chi connectivity index (χ3v) is 1.37. The van der Waals surface area contributed by atoms with E-state index in [0.717, 1.165) is 0 Å². The molecule has 2 N–H and O–H groups in total. The normalized spacial score (nSPS) is 11.2. The summed E-state index contributed by atoms with van der Waals surface area (Å²) in [4.78, 5) is 23.9. The summed E-state index contributed by atoms with van der Waals surface area (Å²) in [5, 5.41) is 0. The van der Waals surface area contributed by atoms with Gasteiger partial charge in [0.15, 0.2) is 0 Å². The van der Waals surface area contributed by atoms with Crippen LogP contribution in [-0.4, -0.2) is 19.8 Å². The maximum absolute atomic E-state index is 10.3. The van der Waals surface area contributed by atoms with Crippen LogP contribution < -0.4 is 4.52 Å². The van der Waals surface area contributed by atoms with Crippen LogP contribution in [0.5, 0.6) is 6.01 Å². The fourth-order valence-electron chi connectivity index (χ4n) is 0.576. The highest BCUT2D eigenvalue weighted by atomic mass is 31.2. The van der Waals surface area contributed by atoms with Crippen molar-refractivity contribution in [3.8, 4) is 6.01 Å². The van der Waals surface area contributed by atoms with E-state index in [0.29, 0.717) is 5.69 Å². The van der Waals surface area contributed by atoms with Crippen molar-refractivity contribution in [3.05, 3.63) is 18.0 Å². The summed E-state index contributed by atoms with van der Waals surface area (Å²) in [7, 11) is -4.53. The fourth-order valence-corrected chi connectivity index (χ4v) is 0.877. The summed E-state index contributed by atoms with van der Waals surface area (Å²) in [5.41, 5.74) is 0.577. The molecule has 1 aromatic rings. The van der Waals surface area contributed by atoms with Gasteiger partial charge in [0.2, 0.25) is 0 Å². The van der Waals surface area contributed by atoms with Crippen molar-refractivity contribution >= 4 is 7.82 Å². The first-order valence-corrected chi connectivity index (χ1v) is 4.55. The Balaban J connectivity index is 2.84. The number of aromatic nitrogens is 2. The van der Waals surface area contributed by atoms with Gasteiger partial charge in [-0.3, -0.25) is 9.79 Å². The molecule has 0 aliphatic carbocycles. The first-order chi connectivity index (χ1) is 5.47. The predicted octanol–water partition coefficient (Wildman–Crippen LogP) is 0.257. The minimum Gasteiger partial charge on any atom is -0.368 e. The molecule has 1 heterocycles. The largest absolute Gasteiger partial charge is 0.527 e. The van der Waals surface area contributed by atoms with E-state index in [9.17, 15) is 4.57 Å². The number of nitrogens with zero attached hydrogens (tertiary/aromatic N) is 2. The highest BCUT2D eigenvalue weighted by molar-refractivity contribution is 7.46. The Morgan fingerprint density at radius 3 is 2.75 bits per heavy atom. The minimum atomic E-state index is -4.53. The molecular formula is C5H7N2O4P. The Kier molecular flexibility index (Phi) is 2.42. The second kappa shape index (κ2) is 3.18. The van der Waals surface area contributed by atoms with E-state index in [1.165, 1.54) is 6.20 Å². The van der Waals surface area contributed by atoms with E-state index in [1.54, 1.807) is 13.0 Å². The summed E-state index contributed by atoms with van der Waals surface area (Å²) < 4.78 is 14.4. The van der Waals surface area contributed by atoms with Gasteiger partial charge in [0.05, 0.1) is 0 Å². The van der Waals surface area contributed by atoms with Crippen molar-refractivity contribution in [1.29, 1.82) is 0 Å². The van der Waals surface area contributed by atoms with Gasteiger partial charge in [-0.05, 0) is 13.0 Å². The Morgan fingerprint density at radius 1 is 1.58 bits per heavy atom. The molecular weight excluding hydrogens is 183 g/mol. The highest BCUT2D eigenvalue weighted by Gasteiger charge is 2.17. The average Bonchev–Trinajstić information content (AvgIpc) is 1.82. The third kappa shape index (κ3) is 2.96. The van der Waals surface area contributed by atoms with Crippen LogP contribution in [0.25, 0.3) is 0 Å². The molecule has 6 nitrogen and oxygen atoms in total. The lowest BCUT2D eigenvalue weighted by Crippen LogP contribution is -1.96. The molecule has 0 unspecified atom stereocenters. The first kappa shape index (κ1) is 9.12. The summed E-state index contributed by atoms with van der Waals surface area (Å²) in [6.07, 6.45) is 1.35. The predicted molar refractivity (Wildman–Crippen MR) is 39.4 cm³/mol. The Labute approximate surface area is 68.5 Å². The van der Waals surface area contributed by atoms with E-state index in [2.05, 4.69) is 14.5 Å². The summed E-state index contributed by atoms with van der Waals surface area (Å²) in [6.45, 7) is 1.66. The number of phosphoric ester groups is 1. The van der Waals surface area contributed by atoms with Crippen LogP contribution in [-0.2, 0) is 4.57 Å². The molecule has 0 bridgehead atoms. The number of aryl methyl sites for hydroxylation is 1. The Bertz CT molecular complexity index is 323. The van der Waals surface area contributed by atoms with Crippen molar-refractivity contribution in [2.24, 2.45) is 0 Å². The second-order valence-corrected chi connectivity index (χ2v) is 3.23. The molecule has 0 aromatic carbocycles. The maximum atomic E-state index is 10.3. The summed E-state index contributed by atoms with van der Waals surface area (Å²) >= 11 is 0.